The molecule has 0 aliphatic heterocycles. The van der Waals surface area contributed by atoms with E-state index in [1.54, 1.807) is 12.4 Å². The summed E-state index contributed by atoms with van der Waals surface area (Å²) in [7, 11) is 1.52. The molecule has 0 saturated heterocycles. The number of nitrogens with two attached hydrogens (primary N) is 1. The fourth-order valence-corrected chi connectivity index (χ4v) is 3.03. The second-order valence-corrected chi connectivity index (χ2v) is 5.47. The summed E-state index contributed by atoms with van der Waals surface area (Å²) in [4.78, 5) is 12.8. The standard InChI is InChI=1S/C16H17N5O/c1-9-4-3-5-11-13(10-7-19-16(22-2)20-8-10)12(6-17)15(18)21-14(9)11/h7-9H,3-5H2,1-2H3,(H2,18,21)/t9-/m1/s1. The molecule has 0 saturated carbocycles. The van der Waals surface area contributed by atoms with Crippen LogP contribution in [0.15, 0.2) is 12.4 Å². The van der Waals surface area contributed by atoms with E-state index in [1.807, 2.05) is 0 Å². The fourth-order valence-electron chi connectivity index (χ4n) is 3.03. The van der Waals surface area contributed by atoms with Gasteiger partial charge in [0.2, 0.25) is 0 Å². The molecule has 3 rings (SSSR count). The average Bonchev–Trinajstić information content (AvgIpc) is 2.55. The lowest BCUT2D eigenvalue weighted by Gasteiger charge is -2.25. The quantitative estimate of drug-likeness (QED) is 0.913. The van der Waals surface area contributed by atoms with Crippen molar-refractivity contribution in [2.24, 2.45) is 0 Å². The molecule has 2 aromatic rings. The molecule has 0 amide bonds. The summed E-state index contributed by atoms with van der Waals surface area (Å²) in [6.07, 6.45) is 6.39. The Morgan fingerprint density at radius 3 is 2.73 bits per heavy atom. The van der Waals surface area contributed by atoms with Gasteiger partial charge in [0, 0.05) is 29.2 Å². The number of fused-ring (bicyclic) bond motifs is 1. The first-order valence-corrected chi connectivity index (χ1v) is 7.24. The first-order valence-electron chi connectivity index (χ1n) is 7.24. The van der Waals surface area contributed by atoms with Gasteiger partial charge in [-0.3, -0.25) is 0 Å². The minimum absolute atomic E-state index is 0.279. The van der Waals surface area contributed by atoms with Crippen molar-refractivity contribution in [1.82, 2.24) is 15.0 Å². The zero-order chi connectivity index (χ0) is 15.7. The predicted octanol–water partition coefficient (Wildman–Crippen LogP) is 2.44. The van der Waals surface area contributed by atoms with Crippen molar-refractivity contribution < 1.29 is 4.74 Å². The van der Waals surface area contributed by atoms with Crippen LogP contribution >= 0.6 is 0 Å². The first kappa shape index (κ1) is 14.3. The van der Waals surface area contributed by atoms with Crippen LogP contribution in [0.5, 0.6) is 6.01 Å². The van der Waals surface area contributed by atoms with Crippen LogP contribution in [0.25, 0.3) is 11.1 Å². The van der Waals surface area contributed by atoms with Gasteiger partial charge < -0.3 is 10.5 Å². The van der Waals surface area contributed by atoms with E-state index < -0.39 is 0 Å². The van der Waals surface area contributed by atoms with Crippen molar-refractivity contribution in [2.45, 2.75) is 32.1 Å². The highest BCUT2D eigenvalue weighted by Gasteiger charge is 2.26. The van der Waals surface area contributed by atoms with Crippen LogP contribution in [0.3, 0.4) is 0 Å². The number of nitriles is 1. The van der Waals surface area contributed by atoms with Crippen LogP contribution in [0.2, 0.25) is 0 Å². The Bertz CT molecular complexity index is 749. The van der Waals surface area contributed by atoms with Gasteiger partial charge in [-0.25, -0.2) is 15.0 Å². The Morgan fingerprint density at radius 1 is 1.36 bits per heavy atom. The average molecular weight is 295 g/mol. The molecule has 6 nitrogen and oxygen atoms in total. The Labute approximate surface area is 129 Å². The molecule has 1 aliphatic carbocycles. The summed E-state index contributed by atoms with van der Waals surface area (Å²) in [6, 6.07) is 2.48. The molecule has 0 spiro atoms. The third-order valence-electron chi connectivity index (χ3n) is 4.10. The molecule has 112 valence electrons. The molecule has 2 heterocycles. The van der Waals surface area contributed by atoms with Crippen LogP contribution in [-0.4, -0.2) is 22.1 Å². The van der Waals surface area contributed by atoms with E-state index in [0.29, 0.717) is 17.5 Å². The molecule has 0 bridgehead atoms. The molecule has 2 N–H and O–H groups in total. The van der Waals surface area contributed by atoms with Gasteiger partial charge in [0.15, 0.2) is 0 Å². The van der Waals surface area contributed by atoms with Crippen LogP contribution < -0.4 is 10.5 Å². The summed E-state index contributed by atoms with van der Waals surface area (Å²) < 4.78 is 4.99. The highest BCUT2D eigenvalue weighted by molar-refractivity contribution is 5.78. The molecule has 0 radical (unpaired) electrons. The third kappa shape index (κ3) is 2.25. The maximum atomic E-state index is 9.49. The fraction of sp³-hybridized carbons (Fsp3) is 0.375. The molecule has 2 aromatic heterocycles. The molecule has 0 fully saturated rings. The molecular weight excluding hydrogens is 278 g/mol. The molecule has 1 aliphatic rings. The van der Waals surface area contributed by atoms with Gasteiger partial charge in [0.25, 0.3) is 0 Å². The number of methoxy groups -OCH3 is 1. The zero-order valence-electron chi connectivity index (χ0n) is 12.6. The van der Waals surface area contributed by atoms with Gasteiger partial charge in [0.05, 0.1) is 7.11 Å². The number of rotatable bonds is 2. The van der Waals surface area contributed by atoms with E-state index in [9.17, 15) is 5.26 Å². The van der Waals surface area contributed by atoms with Crippen LogP contribution in [0, 0.1) is 11.3 Å². The van der Waals surface area contributed by atoms with Gasteiger partial charge in [-0.15, -0.1) is 0 Å². The molecule has 0 aromatic carbocycles. The first-order chi connectivity index (χ1) is 10.7. The molecular formula is C16H17N5O. The van der Waals surface area contributed by atoms with Crippen molar-refractivity contribution in [3.8, 4) is 23.2 Å². The van der Waals surface area contributed by atoms with Crippen molar-refractivity contribution in [3.05, 3.63) is 29.2 Å². The maximum Gasteiger partial charge on any atom is 0.316 e. The minimum atomic E-state index is 0.279. The highest BCUT2D eigenvalue weighted by Crippen LogP contribution is 2.39. The lowest BCUT2D eigenvalue weighted by Crippen LogP contribution is -2.14. The largest absolute Gasteiger partial charge is 0.467 e. The van der Waals surface area contributed by atoms with E-state index in [-0.39, 0.29) is 5.82 Å². The predicted molar refractivity (Wildman–Crippen MR) is 82.3 cm³/mol. The van der Waals surface area contributed by atoms with E-state index in [0.717, 1.165) is 41.6 Å². The lowest BCUT2D eigenvalue weighted by atomic mass is 9.82. The number of aromatic nitrogens is 3. The van der Waals surface area contributed by atoms with Crippen LogP contribution in [0.1, 0.15) is 42.5 Å². The van der Waals surface area contributed by atoms with E-state index in [4.69, 9.17) is 10.5 Å². The van der Waals surface area contributed by atoms with Gasteiger partial charge in [-0.2, -0.15) is 5.26 Å². The van der Waals surface area contributed by atoms with Crippen molar-refractivity contribution >= 4 is 5.82 Å². The number of hydrogen-bond acceptors (Lipinski definition) is 6. The Kier molecular flexibility index (Phi) is 3.63. The molecule has 22 heavy (non-hydrogen) atoms. The van der Waals surface area contributed by atoms with Crippen molar-refractivity contribution in [1.29, 1.82) is 5.26 Å². The van der Waals surface area contributed by atoms with Crippen LogP contribution in [0.4, 0.5) is 5.82 Å². The number of hydrogen-bond donors (Lipinski definition) is 1. The lowest BCUT2D eigenvalue weighted by molar-refractivity contribution is 0.380. The number of anilines is 1. The summed E-state index contributed by atoms with van der Waals surface area (Å²) in [5.41, 5.74) is 10.1. The summed E-state index contributed by atoms with van der Waals surface area (Å²) in [5.74, 6) is 0.623. The maximum absolute atomic E-state index is 9.49. The van der Waals surface area contributed by atoms with Crippen molar-refractivity contribution in [2.75, 3.05) is 12.8 Å². The van der Waals surface area contributed by atoms with Gasteiger partial charge in [-0.05, 0) is 30.7 Å². The Hall–Kier alpha value is -2.68. The van der Waals surface area contributed by atoms with Crippen LogP contribution in [-0.2, 0) is 6.42 Å². The van der Waals surface area contributed by atoms with E-state index in [2.05, 4.69) is 27.9 Å². The molecule has 6 heteroatoms. The second-order valence-electron chi connectivity index (χ2n) is 5.47. The van der Waals surface area contributed by atoms with E-state index in [1.165, 1.54) is 7.11 Å². The smallest absolute Gasteiger partial charge is 0.316 e. The summed E-state index contributed by atoms with van der Waals surface area (Å²) in [6.45, 7) is 2.14. The molecule has 1 atom stereocenters. The SMILES string of the molecule is COc1ncc(-c2c(C#N)c(N)nc3c2CCC[C@H]3C)cn1. The number of ether oxygens (including phenoxy) is 1. The minimum Gasteiger partial charge on any atom is -0.467 e. The monoisotopic (exact) mass is 295 g/mol. The third-order valence-corrected chi connectivity index (χ3v) is 4.10. The second kappa shape index (κ2) is 5.60. The topological polar surface area (TPSA) is 97.7 Å². The summed E-state index contributed by atoms with van der Waals surface area (Å²) in [5, 5.41) is 9.49. The summed E-state index contributed by atoms with van der Waals surface area (Å²) >= 11 is 0. The zero-order valence-corrected chi connectivity index (χ0v) is 12.6. The highest BCUT2D eigenvalue weighted by atomic mass is 16.5. The van der Waals surface area contributed by atoms with Gasteiger partial charge in [-0.1, -0.05) is 6.92 Å². The van der Waals surface area contributed by atoms with E-state index >= 15 is 0 Å². The van der Waals surface area contributed by atoms with Gasteiger partial charge in [0.1, 0.15) is 17.5 Å². The number of nitrogens with zero attached hydrogens (tertiary/aromatic N) is 4. The van der Waals surface area contributed by atoms with Gasteiger partial charge >= 0.3 is 6.01 Å². The number of pyridine rings is 1. The number of nitrogen functional groups attached to an aromatic ring is 1. The Morgan fingerprint density at radius 2 is 2.09 bits per heavy atom. The Balaban J connectivity index is 2.26. The normalized spacial score (nSPS) is 16.7. The van der Waals surface area contributed by atoms with Crippen molar-refractivity contribution in [3.63, 3.8) is 0 Å². The molecule has 0 unspecified atom stereocenters.